The van der Waals surface area contributed by atoms with Gasteiger partial charge in [-0.1, -0.05) is 54.4 Å². The third-order valence-corrected chi connectivity index (χ3v) is 5.50. The summed E-state index contributed by atoms with van der Waals surface area (Å²) in [6, 6.07) is 18.0. The van der Waals surface area contributed by atoms with Crippen LogP contribution in [-0.4, -0.2) is 33.5 Å². The Hall–Kier alpha value is -2.72. The molecule has 1 aromatic heterocycles. The molecule has 2 unspecified atom stereocenters. The number of carboxylic acid groups (broad SMARTS) is 1. The molecule has 2 aromatic carbocycles. The lowest BCUT2D eigenvalue weighted by molar-refractivity contribution is -0.145. The Kier molecular flexibility index (Phi) is 4.90. The van der Waals surface area contributed by atoms with E-state index in [2.05, 4.69) is 47.1 Å². The van der Waals surface area contributed by atoms with E-state index in [4.69, 9.17) is 0 Å². The van der Waals surface area contributed by atoms with Crippen molar-refractivity contribution in [1.82, 2.24) is 9.88 Å². The number of aromatic nitrogens is 1. The topological polar surface area (TPSA) is 53.4 Å². The average molecular weight is 360 g/mol. The number of aryl methyl sites for hydroxylation is 1. The highest BCUT2D eigenvalue weighted by Gasteiger charge is 2.35. The second kappa shape index (κ2) is 7.49. The Bertz CT molecular complexity index is 964. The van der Waals surface area contributed by atoms with Crippen molar-refractivity contribution in [2.75, 3.05) is 6.54 Å². The van der Waals surface area contributed by atoms with Crippen LogP contribution in [0.25, 0.3) is 10.9 Å². The average Bonchev–Trinajstić information content (AvgIpc) is 2.69. The molecule has 0 radical (unpaired) electrons. The molecule has 1 saturated heterocycles. The lowest BCUT2D eigenvalue weighted by Gasteiger charge is -2.40. The smallest absolute Gasteiger partial charge is 0.320 e. The predicted octanol–water partition coefficient (Wildman–Crippen LogP) is 4.57. The van der Waals surface area contributed by atoms with E-state index < -0.39 is 12.0 Å². The van der Waals surface area contributed by atoms with Crippen molar-refractivity contribution in [2.45, 2.75) is 38.3 Å². The van der Waals surface area contributed by atoms with Crippen LogP contribution in [0.2, 0.25) is 0 Å². The number of piperidine rings is 1. The summed E-state index contributed by atoms with van der Waals surface area (Å²) in [6.07, 6.45) is 4.51. The number of para-hydroxylation sites is 1. The number of hydrogen-bond acceptors (Lipinski definition) is 3. The predicted molar refractivity (Wildman–Crippen MR) is 107 cm³/mol. The monoisotopic (exact) mass is 360 g/mol. The van der Waals surface area contributed by atoms with Gasteiger partial charge in [-0.05, 0) is 49.6 Å². The minimum Gasteiger partial charge on any atom is -0.480 e. The quantitative estimate of drug-likeness (QED) is 0.740. The lowest BCUT2D eigenvalue weighted by atomic mass is 9.89. The first-order valence-electron chi connectivity index (χ1n) is 9.54. The van der Waals surface area contributed by atoms with Crippen LogP contribution in [0.5, 0.6) is 0 Å². The normalized spacial score (nSPS) is 19.1. The van der Waals surface area contributed by atoms with Crippen molar-refractivity contribution in [2.24, 2.45) is 0 Å². The molecule has 27 heavy (non-hydrogen) atoms. The van der Waals surface area contributed by atoms with Crippen LogP contribution in [0.3, 0.4) is 0 Å². The number of hydrogen-bond donors (Lipinski definition) is 1. The summed E-state index contributed by atoms with van der Waals surface area (Å²) in [4.78, 5) is 18.7. The van der Waals surface area contributed by atoms with Crippen LogP contribution in [0.15, 0.2) is 60.8 Å². The van der Waals surface area contributed by atoms with Gasteiger partial charge in [-0.25, -0.2) is 0 Å². The Balaban J connectivity index is 1.92. The maximum absolute atomic E-state index is 12.0. The van der Waals surface area contributed by atoms with Crippen LogP contribution in [0.1, 0.15) is 42.0 Å². The fourth-order valence-corrected chi connectivity index (χ4v) is 4.27. The van der Waals surface area contributed by atoms with Crippen molar-refractivity contribution in [1.29, 1.82) is 0 Å². The molecule has 4 rings (SSSR count). The van der Waals surface area contributed by atoms with E-state index in [9.17, 15) is 9.90 Å². The third-order valence-electron chi connectivity index (χ3n) is 5.50. The number of fused-ring (bicyclic) bond motifs is 1. The number of aliphatic carboxylic acids is 1. The Morgan fingerprint density at radius 2 is 2.00 bits per heavy atom. The minimum atomic E-state index is -0.731. The molecule has 4 heteroatoms. The summed E-state index contributed by atoms with van der Waals surface area (Å²) >= 11 is 0. The van der Waals surface area contributed by atoms with Crippen LogP contribution in [0, 0.1) is 6.92 Å². The van der Waals surface area contributed by atoms with E-state index >= 15 is 0 Å². The van der Waals surface area contributed by atoms with E-state index in [0.29, 0.717) is 6.42 Å². The first-order valence-corrected chi connectivity index (χ1v) is 9.54. The summed E-state index contributed by atoms with van der Waals surface area (Å²) in [5.41, 5.74) is 4.38. The largest absolute Gasteiger partial charge is 0.480 e. The third kappa shape index (κ3) is 3.45. The van der Waals surface area contributed by atoms with Gasteiger partial charge in [0.05, 0.1) is 11.6 Å². The van der Waals surface area contributed by atoms with E-state index in [1.807, 2.05) is 30.5 Å². The second-order valence-electron chi connectivity index (χ2n) is 7.32. The standard InChI is InChI=1S/C23H24N2O2/c1-16-7-6-8-17(15-16)22(25-14-5-4-11-21(25)23(26)27)19-12-13-24-20-10-3-2-9-18(19)20/h2-3,6-10,12-13,15,21-22H,4-5,11,14H2,1H3,(H,26,27). The molecule has 138 valence electrons. The zero-order valence-electron chi connectivity index (χ0n) is 15.5. The number of pyridine rings is 1. The summed E-state index contributed by atoms with van der Waals surface area (Å²) in [5.74, 6) is -0.731. The Labute approximate surface area is 159 Å². The molecule has 0 saturated carbocycles. The van der Waals surface area contributed by atoms with Crippen molar-refractivity contribution >= 4 is 16.9 Å². The number of carboxylic acids is 1. The van der Waals surface area contributed by atoms with Crippen LogP contribution < -0.4 is 0 Å². The molecule has 1 fully saturated rings. The van der Waals surface area contributed by atoms with Gasteiger partial charge in [-0.3, -0.25) is 14.7 Å². The molecule has 3 aromatic rings. The summed E-state index contributed by atoms with van der Waals surface area (Å²) in [5, 5.41) is 10.9. The van der Waals surface area contributed by atoms with Gasteiger partial charge in [0.25, 0.3) is 0 Å². The summed E-state index contributed by atoms with van der Waals surface area (Å²) < 4.78 is 0. The second-order valence-corrected chi connectivity index (χ2v) is 7.32. The van der Waals surface area contributed by atoms with Crippen molar-refractivity contribution in [3.8, 4) is 0 Å². The molecular weight excluding hydrogens is 336 g/mol. The van der Waals surface area contributed by atoms with Gasteiger partial charge in [0.1, 0.15) is 6.04 Å². The highest BCUT2D eigenvalue weighted by Crippen LogP contribution is 2.37. The van der Waals surface area contributed by atoms with E-state index in [1.165, 1.54) is 5.56 Å². The number of likely N-dealkylation sites (tertiary alicyclic amines) is 1. The molecule has 1 N–H and O–H groups in total. The highest BCUT2D eigenvalue weighted by atomic mass is 16.4. The summed E-state index contributed by atoms with van der Waals surface area (Å²) in [7, 11) is 0. The zero-order chi connectivity index (χ0) is 18.8. The maximum Gasteiger partial charge on any atom is 0.320 e. The maximum atomic E-state index is 12.0. The number of nitrogens with zero attached hydrogens (tertiary/aromatic N) is 2. The fourth-order valence-electron chi connectivity index (χ4n) is 4.27. The lowest BCUT2D eigenvalue weighted by Crippen LogP contribution is -2.46. The van der Waals surface area contributed by atoms with Gasteiger partial charge in [-0.15, -0.1) is 0 Å². The molecule has 0 aliphatic carbocycles. The van der Waals surface area contributed by atoms with E-state index in [-0.39, 0.29) is 6.04 Å². The number of rotatable bonds is 4. The van der Waals surface area contributed by atoms with E-state index in [0.717, 1.165) is 41.4 Å². The van der Waals surface area contributed by atoms with Crippen LogP contribution in [-0.2, 0) is 4.79 Å². The Morgan fingerprint density at radius 3 is 2.81 bits per heavy atom. The summed E-state index contributed by atoms with van der Waals surface area (Å²) in [6.45, 7) is 2.86. The first-order chi connectivity index (χ1) is 13.1. The van der Waals surface area contributed by atoms with Gasteiger partial charge in [-0.2, -0.15) is 0 Å². The van der Waals surface area contributed by atoms with Gasteiger partial charge in [0.15, 0.2) is 0 Å². The molecular formula is C23H24N2O2. The van der Waals surface area contributed by atoms with Gasteiger partial charge >= 0.3 is 5.97 Å². The van der Waals surface area contributed by atoms with Gasteiger partial charge < -0.3 is 5.11 Å². The number of benzene rings is 2. The zero-order valence-corrected chi connectivity index (χ0v) is 15.5. The van der Waals surface area contributed by atoms with Crippen LogP contribution >= 0.6 is 0 Å². The SMILES string of the molecule is Cc1cccc(C(c2ccnc3ccccc23)N2CCCCC2C(=O)O)c1. The molecule has 2 heterocycles. The minimum absolute atomic E-state index is 0.0980. The first kappa shape index (κ1) is 17.7. The molecule has 4 nitrogen and oxygen atoms in total. The van der Waals surface area contributed by atoms with Crippen molar-refractivity contribution in [3.63, 3.8) is 0 Å². The molecule has 0 amide bonds. The van der Waals surface area contributed by atoms with E-state index in [1.54, 1.807) is 0 Å². The molecule has 0 bridgehead atoms. The molecule has 1 aliphatic rings. The number of carbonyl (C=O) groups is 1. The molecule has 2 atom stereocenters. The molecule has 1 aliphatic heterocycles. The van der Waals surface area contributed by atoms with Crippen molar-refractivity contribution in [3.05, 3.63) is 77.5 Å². The van der Waals surface area contributed by atoms with Gasteiger partial charge in [0.2, 0.25) is 0 Å². The molecule has 0 spiro atoms. The highest BCUT2D eigenvalue weighted by molar-refractivity contribution is 5.83. The Morgan fingerprint density at radius 1 is 1.15 bits per heavy atom. The fraction of sp³-hybridized carbons (Fsp3) is 0.304. The van der Waals surface area contributed by atoms with Crippen molar-refractivity contribution < 1.29 is 9.90 Å². The van der Waals surface area contributed by atoms with Gasteiger partial charge in [0, 0.05) is 11.6 Å². The van der Waals surface area contributed by atoms with Crippen LogP contribution in [0.4, 0.5) is 0 Å².